The lowest BCUT2D eigenvalue weighted by Gasteiger charge is -2.14. The fraction of sp³-hybridized carbons (Fsp3) is 0.333. The summed E-state index contributed by atoms with van der Waals surface area (Å²) in [7, 11) is 0. The Morgan fingerprint density at radius 3 is 2.59 bits per heavy atom. The van der Waals surface area contributed by atoms with Crippen molar-refractivity contribution < 1.29 is 14.3 Å². The number of nitrogens with one attached hydrogen (secondary N) is 1. The Bertz CT molecular complexity index is 1120. The number of amides is 1. The third-order valence-corrected chi connectivity index (χ3v) is 5.84. The molecule has 0 aliphatic heterocycles. The summed E-state index contributed by atoms with van der Waals surface area (Å²) in [5.41, 5.74) is 2.67. The molecule has 152 valence electrons. The summed E-state index contributed by atoms with van der Waals surface area (Å²) >= 11 is 1.45. The van der Waals surface area contributed by atoms with Gasteiger partial charge in [-0.1, -0.05) is 29.8 Å². The van der Waals surface area contributed by atoms with Crippen molar-refractivity contribution in [3.05, 3.63) is 62.5 Å². The Morgan fingerprint density at radius 2 is 1.90 bits per heavy atom. The van der Waals surface area contributed by atoms with Gasteiger partial charge in [0.2, 0.25) is 0 Å². The van der Waals surface area contributed by atoms with Crippen LogP contribution in [0.1, 0.15) is 28.5 Å². The van der Waals surface area contributed by atoms with E-state index in [1.54, 1.807) is 0 Å². The first-order chi connectivity index (χ1) is 13.8. The minimum atomic E-state index is -0.967. The first kappa shape index (κ1) is 20.7. The highest BCUT2D eigenvalue weighted by molar-refractivity contribution is 7.18. The van der Waals surface area contributed by atoms with Gasteiger partial charge in [-0.3, -0.25) is 19.0 Å². The Balaban J connectivity index is 1.59. The maximum Gasteiger partial charge on any atom is 0.326 e. The van der Waals surface area contributed by atoms with E-state index in [0.29, 0.717) is 16.8 Å². The molecule has 7 nitrogen and oxygen atoms in total. The number of aromatic nitrogens is 2. The number of ether oxygens (including phenoxy) is 1. The van der Waals surface area contributed by atoms with Gasteiger partial charge in [0.15, 0.2) is 6.10 Å². The number of hydrogen-bond donors (Lipinski definition) is 1. The Kier molecular flexibility index (Phi) is 6.12. The molecule has 1 N–H and O–H groups in total. The van der Waals surface area contributed by atoms with E-state index in [0.717, 1.165) is 21.6 Å². The Morgan fingerprint density at radius 1 is 1.21 bits per heavy atom. The molecule has 1 aromatic carbocycles. The van der Waals surface area contributed by atoms with E-state index in [1.807, 2.05) is 45.0 Å². The highest BCUT2D eigenvalue weighted by Gasteiger charge is 2.19. The van der Waals surface area contributed by atoms with Gasteiger partial charge in [-0.05, 0) is 38.8 Å². The maximum atomic E-state index is 12.6. The molecule has 0 saturated carbocycles. The van der Waals surface area contributed by atoms with Crippen LogP contribution in [-0.4, -0.2) is 27.5 Å². The summed E-state index contributed by atoms with van der Waals surface area (Å²) in [4.78, 5) is 43.0. The number of aryl methyl sites for hydroxylation is 3. The molecule has 0 aliphatic rings. The van der Waals surface area contributed by atoms with Gasteiger partial charge < -0.3 is 10.1 Å². The van der Waals surface area contributed by atoms with Crippen LogP contribution in [0.2, 0.25) is 0 Å². The van der Waals surface area contributed by atoms with Crippen molar-refractivity contribution in [3.8, 4) is 0 Å². The van der Waals surface area contributed by atoms with Gasteiger partial charge in [-0.25, -0.2) is 4.98 Å². The zero-order valence-electron chi connectivity index (χ0n) is 16.8. The lowest BCUT2D eigenvalue weighted by molar-refractivity contribution is -0.155. The van der Waals surface area contributed by atoms with E-state index >= 15 is 0 Å². The number of fused-ring (bicyclic) bond motifs is 1. The smallest absolute Gasteiger partial charge is 0.326 e. The second-order valence-corrected chi connectivity index (χ2v) is 8.18. The van der Waals surface area contributed by atoms with Crippen molar-refractivity contribution in [2.24, 2.45) is 0 Å². The van der Waals surface area contributed by atoms with E-state index in [1.165, 1.54) is 29.2 Å². The molecule has 2 aromatic heterocycles. The summed E-state index contributed by atoms with van der Waals surface area (Å²) in [5, 5.41) is 3.26. The Labute approximate surface area is 172 Å². The van der Waals surface area contributed by atoms with Crippen LogP contribution in [0.5, 0.6) is 0 Å². The van der Waals surface area contributed by atoms with Crippen LogP contribution in [-0.2, 0) is 27.4 Å². The summed E-state index contributed by atoms with van der Waals surface area (Å²) in [6.07, 6.45) is 0.370. The standard InChI is InChI=1S/C21H23N3O4S/c1-12-5-7-16(8-6-12)9-22-19(26)14(3)28-17(25)10-24-11-23-20-18(21(24)27)13(2)15(4)29-20/h5-8,11,14H,9-10H2,1-4H3,(H,22,26)/t14-/m1/s1. The van der Waals surface area contributed by atoms with Crippen LogP contribution in [0.3, 0.4) is 0 Å². The first-order valence-electron chi connectivity index (χ1n) is 9.24. The molecule has 1 atom stereocenters. The van der Waals surface area contributed by atoms with E-state index < -0.39 is 18.0 Å². The lowest BCUT2D eigenvalue weighted by atomic mass is 10.1. The van der Waals surface area contributed by atoms with Crippen LogP contribution in [0, 0.1) is 20.8 Å². The number of thiophene rings is 1. The molecular formula is C21H23N3O4S. The molecule has 0 bridgehead atoms. The zero-order valence-corrected chi connectivity index (χ0v) is 17.6. The van der Waals surface area contributed by atoms with Crippen molar-refractivity contribution in [2.75, 3.05) is 0 Å². The molecule has 0 aliphatic carbocycles. The van der Waals surface area contributed by atoms with Crippen molar-refractivity contribution in [3.63, 3.8) is 0 Å². The number of benzene rings is 1. The van der Waals surface area contributed by atoms with Crippen LogP contribution in [0.4, 0.5) is 0 Å². The molecule has 3 rings (SSSR count). The van der Waals surface area contributed by atoms with E-state index in [2.05, 4.69) is 10.3 Å². The highest BCUT2D eigenvalue weighted by Crippen LogP contribution is 2.25. The summed E-state index contributed by atoms with van der Waals surface area (Å²) < 4.78 is 6.40. The number of esters is 1. The summed E-state index contributed by atoms with van der Waals surface area (Å²) in [6, 6.07) is 7.78. The maximum absolute atomic E-state index is 12.6. The minimum Gasteiger partial charge on any atom is -0.451 e. The van der Waals surface area contributed by atoms with E-state index in [9.17, 15) is 14.4 Å². The second kappa shape index (κ2) is 8.57. The topological polar surface area (TPSA) is 90.3 Å². The molecule has 29 heavy (non-hydrogen) atoms. The summed E-state index contributed by atoms with van der Waals surface area (Å²) in [6.45, 7) is 7.32. The van der Waals surface area contributed by atoms with E-state index in [4.69, 9.17) is 4.74 Å². The van der Waals surface area contributed by atoms with Gasteiger partial charge in [0, 0.05) is 11.4 Å². The van der Waals surface area contributed by atoms with Gasteiger partial charge in [-0.2, -0.15) is 0 Å². The van der Waals surface area contributed by atoms with Gasteiger partial charge in [0.05, 0.1) is 11.7 Å². The Hall–Kier alpha value is -3.00. The largest absolute Gasteiger partial charge is 0.451 e. The molecule has 2 heterocycles. The van der Waals surface area contributed by atoms with Crippen LogP contribution >= 0.6 is 11.3 Å². The SMILES string of the molecule is Cc1ccc(CNC(=O)[C@@H](C)OC(=O)Cn2cnc3sc(C)c(C)c3c2=O)cc1. The number of hydrogen-bond acceptors (Lipinski definition) is 6. The molecule has 1 amide bonds. The molecule has 0 fully saturated rings. The van der Waals surface area contributed by atoms with E-state index in [-0.39, 0.29) is 12.1 Å². The fourth-order valence-electron chi connectivity index (χ4n) is 2.85. The number of nitrogens with zero attached hydrogens (tertiary/aromatic N) is 2. The van der Waals surface area contributed by atoms with Crippen LogP contribution in [0.15, 0.2) is 35.4 Å². The highest BCUT2D eigenvalue weighted by atomic mass is 32.1. The second-order valence-electron chi connectivity index (χ2n) is 6.98. The van der Waals surface area contributed by atoms with Crippen LogP contribution < -0.4 is 10.9 Å². The number of carbonyl (C=O) groups is 2. The van der Waals surface area contributed by atoms with Gasteiger partial charge >= 0.3 is 5.97 Å². The average molecular weight is 413 g/mol. The molecule has 0 unspecified atom stereocenters. The van der Waals surface area contributed by atoms with Crippen molar-refractivity contribution in [2.45, 2.75) is 46.9 Å². The number of carbonyl (C=O) groups excluding carboxylic acids is 2. The first-order valence-corrected chi connectivity index (χ1v) is 10.1. The fourth-order valence-corrected chi connectivity index (χ4v) is 3.84. The molecule has 3 aromatic rings. The third kappa shape index (κ3) is 4.71. The molecule has 0 radical (unpaired) electrons. The van der Waals surface area contributed by atoms with Gasteiger partial charge in [-0.15, -0.1) is 11.3 Å². The predicted molar refractivity (Wildman–Crippen MR) is 112 cm³/mol. The van der Waals surface area contributed by atoms with Crippen molar-refractivity contribution in [1.82, 2.24) is 14.9 Å². The van der Waals surface area contributed by atoms with Crippen molar-refractivity contribution >= 4 is 33.4 Å². The monoisotopic (exact) mass is 413 g/mol. The predicted octanol–water partition coefficient (Wildman–Crippen LogP) is 2.63. The van der Waals surface area contributed by atoms with Gasteiger partial charge in [0.1, 0.15) is 11.4 Å². The molecule has 0 spiro atoms. The molecule has 8 heteroatoms. The molecule has 0 saturated heterocycles. The normalized spacial score (nSPS) is 12.0. The zero-order chi connectivity index (χ0) is 21.1. The lowest BCUT2D eigenvalue weighted by Crippen LogP contribution is -2.37. The molecular weight excluding hydrogens is 390 g/mol. The average Bonchev–Trinajstić information content (AvgIpc) is 2.98. The minimum absolute atomic E-state index is 0.287. The van der Waals surface area contributed by atoms with Gasteiger partial charge in [0.25, 0.3) is 11.5 Å². The summed E-state index contributed by atoms with van der Waals surface area (Å²) in [5.74, 6) is -1.07. The van der Waals surface area contributed by atoms with Crippen LogP contribution in [0.25, 0.3) is 10.2 Å². The number of rotatable bonds is 6. The third-order valence-electron chi connectivity index (χ3n) is 4.72. The van der Waals surface area contributed by atoms with Crippen molar-refractivity contribution in [1.29, 1.82) is 0 Å². The quantitative estimate of drug-likeness (QED) is 0.628.